The number of carbonyl (C=O) groups is 4. The van der Waals surface area contributed by atoms with Gasteiger partial charge in [0, 0.05) is 13.1 Å². The van der Waals surface area contributed by atoms with Gasteiger partial charge in [-0.3, -0.25) is 19.4 Å². The number of anilines is 1. The van der Waals surface area contributed by atoms with Gasteiger partial charge < -0.3 is 19.9 Å². The molecule has 0 atom stereocenters. The highest BCUT2D eigenvalue weighted by Gasteiger charge is 2.28. The van der Waals surface area contributed by atoms with Crippen LogP contribution in [0.2, 0.25) is 5.02 Å². The molecule has 15 heteroatoms. The van der Waals surface area contributed by atoms with E-state index in [2.05, 4.69) is 5.32 Å². The van der Waals surface area contributed by atoms with Crippen molar-refractivity contribution in [2.24, 2.45) is 5.14 Å². The lowest BCUT2D eigenvalue weighted by molar-refractivity contribution is -0.138. The molecule has 0 heterocycles. The van der Waals surface area contributed by atoms with Crippen LogP contribution >= 0.6 is 11.6 Å². The van der Waals surface area contributed by atoms with Crippen LogP contribution < -0.4 is 10.5 Å². The summed E-state index contributed by atoms with van der Waals surface area (Å²) in [5.41, 5.74) is -1.74. The van der Waals surface area contributed by atoms with Gasteiger partial charge in [-0.05, 0) is 59.7 Å². The maximum atomic E-state index is 12.8. The summed E-state index contributed by atoms with van der Waals surface area (Å²) in [6.07, 6.45) is -1.80. The Morgan fingerprint density at radius 1 is 0.946 bits per heavy atom. The van der Waals surface area contributed by atoms with E-state index in [0.29, 0.717) is 0 Å². The zero-order valence-electron chi connectivity index (χ0n) is 21.5. The van der Waals surface area contributed by atoms with Gasteiger partial charge in [0.05, 0.1) is 15.6 Å². The number of rotatable bonds is 9. The predicted molar refractivity (Wildman–Crippen MR) is 135 cm³/mol. The number of carbonyl (C=O) groups excluding carboxylic acids is 3. The quantitative estimate of drug-likeness (QED) is 0.405. The van der Waals surface area contributed by atoms with Gasteiger partial charge in [0.1, 0.15) is 24.3 Å². The topological polar surface area (TPSA) is 186 Å². The highest BCUT2D eigenvalue weighted by molar-refractivity contribution is 7.89. The zero-order chi connectivity index (χ0) is 28.8. The minimum Gasteiger partial charge on any atom is -0.480 e. The van der Waals surface area contributed by atoms with Crippen LogP contribution in [-0.4, -0.2) is 84.8 Å². The molecule has 0 aromatic heterocycles. The first-order chi connectivity index (χ1) is 16.7. The molecule has 37 heavy (non-hydrogen) atoms. The number of benzene rings is 1. The van der Waals surface area contributed by atoms with E-state index < -0.39 is 58.4 Å². The van der Waals surface area contributed by atoms with Crippen LogP contribution in [0.4, 0.5) is 15.3 Å². The number of aliphatic carboxylic acids is 1. The van der Waals surface area contributed by atoms with Crippen molar-refractivity contribution in [1.29, 1.82) is 0 Å². The Hall–Kier alpha value is -3.10. The first-order valence-corrected chi connectivity index (χ1v) is 12.9. The molecule has 208 valence electrons. The fourth-order valence-electron chi connectivity index (χ4n) is 2.66. The second kappa shape index (κ2) is 12.4. The normalized spacial score (nSPS) is 11.9. The molecule has 1 aromatic carbocycles. The Kier molecular flexibility index (Phi) is 10.7. The minimum atomic E-state index is -4.01. The number of halogens is 1. The van der Waals surface area contributed by atoms with Gasteiger partial charge in [-0.1, -0.05) is 11.6 Å². The molecule has 0 aliphatic rings. The van der Waals surface area contributed by atoms with Crippen molar-refractivity contribution in [3.05, 3.63) is 23.2 Å². The molecule has 0 spiro atoms. The Bertz CT molecular complexity index is 1130. The van der Waals surface area contributed by atoms with Gasteiger partial charge in [0.2, 0.25) is 15.9 Å². The zero-order valence-corrected chi connectivity index (χ0v) is 23.1. The Balaban J connectivity index is 3.08. The van der Waals surface area contributed by atoms with E-state index >= 15 is 0 Å². The van der Waals surface area contributed by atoms with Crippen molar-refractivity contribution in [3.63, 3.8) is 0 Å². The minimum absolute atomic E-state index is 0.0597. The van der Waals surface area contributed by atoms with Crippen molar-refractivity contribution in [1.82, 2.24) is 9.80 Å². The van der Waals surface area contributed by atoms with Crippen molar-refractivity contribution < 1.29 is 42.2 Å². The van der Waals surface area contributed by atoms with Crippen LogP contribution in [-0.2, 0) is 29.1 Å². The molecule has 1 aromatic rings. The van der Waals surface area contributed by atoms with E-state index in [1.165, 1.54) is 6.07 Å². The third-order valence-corrected chi connectivity index (χ3v) is 5.37. The number of carboxylic acids is 1. The van der Waals surface area contributed by atoms with Gasteiger partial charge in [0.25, 0.3) is 0 Å². The van der Waals surface area contributed by atoms with Gasteiger partial charge in [-0.25, -0.2) is 23.1 Å². The van der Waals surface area contributed by atoms with E-state index in [4.69, 9.17) is 26.2 Å². The third kappa shape index (κ3) is 12.1. The van der Waals surface area contributed by atoms with Crippen LogP contribution in [0.1, 0.15) is 41.5 Å². The van der Waals surface area contributed by atoms with Crippen molar-refractivity contribution >= 4 is 51.4 Å². The average molecular weight is 565 g/mol. The summed E-state index contributed by atoms with van der Waals surface area (Å²) in [4.78, 5) is 50.8. The standard InChI is InChI=1S/C22H33ClN4O9S/c1-21(2,3)35-19(31)26(9-10-27(13-18(29)30)20(32)36-22(4,5)6)12-17(28)25-16-8-7-14(11-15(16)23)37(24,33)34/h7-8,11H,9-10,12-13H2,1-6H3,(H,25,28)(H,29,30)(H2,24,33,34). The fourth-order valence-corrected chi connectivity index (χ4v) is 3.50. The summed E-state index contributed by atoms with van der Waals surface area (Å²) in [5, 5.41) is 16.6. The number of primary sulfonamides is 1. The number of nitrogens with zero attached hydrogens (tertiary/aromatic N) is 2. The van der Waals surface area contributed by atoms with Crippen molar-refractivity contribution in [2.75, 3.05) is 31.5 Å². The smallest absolute Gasteiger partial charge is 0.410 e. The van der Waals surface area contributed by atoms with E-state index in [-0.39, 0.29) is 28.7 Å². The Labute approximate surface area is 220 Å². The van der Waals surface area contributed by atoms with Crippen molar-refractivity contribution in [2.45, 2.75) is 57.6 Å². The molecule has 1 rings (SSSR count). The number of nitrogens with one attached hydrogen (secondary N) is 1. The van der Waals surface area contributed by atoms with Crippen LogP contribution in [0.3, 0.4) is 0 Å². The van der Waals surface area contributed by atoms with Crippen LogP contribution in [0, 0.1) is 0 Å². The highest BCUT2D eigenvalue weighted by Crippen LogP contribution is 2.25. The predicted octanol–water partition coefficient (Wildman–Crippen LogP) is 2.48. The second-order valence-electron chi connectivity index (χ2n) is 9.93. The number of ether oxygens (including phenoxy) is 2. The van der Waals surface area contributed by atoms with Crippen molar-refractivity contribution in [3.8, 4) is 0 Å². The van der Waals surface area contributed by atoms with Gasteiger partial charge >= 0.3 is 18.2 Å². The number of hydrogen-bond acceptors (Lipinski definition) is 8. The van der Waals surface area contributed by atoms with Crippen LogP contribution in [0.15, 0.2) is 23.1 Å². The molecule has 0 radical (unpaired) electrons. The third-order valence-electron chi connectivity index (χ3n) is 4.15. The van der Waals surface area contributed by atoms with E-state index in [1.54, 1.807) is 41.5 Å². The maximum Gasteiger partial charge on any atom is 0.410 e. The summed E-state index contributed by atoms with van der Waals surface area (Å²) >= 11 is 6.05. The summed E-state index contributed by atoms with van der Waals surface area (Å²) in [7, 11) is -4.01. The Morgan fingerprint density at radius 3 is 1.78 bits per heavy atom. The molecule has 0 aliphatic heterocycles. The summed E-state index contributed by atoms with van der Waals surface area (Å²) < 4.78 is 33.5. The molecule has 13 nitrogen and oxygen atoms in total. The maximum absolute atomic E-state index is 12.8. The fraction of sp³-hybridized carbons (Fsp3) is 0.545. The van der Waals surface area contributed by atoms with Crippen LogP contribution in [0.25, 0.3) is 0 Å². The number of nitrogens with two attached hydrogens (primary N) is 1. The summed E-state index contributed by atoms with van der Waals surface area (Å²) in [5.74, 6) is -2.02. The van der Waals surface area contributed by atoms with Gasteiger partial charge in [-0.2, -0.15) is 0 Å². The summed E-state index contributed by atoms with van der Waals surface area (Å²) in [6, 6.07) is 3.44. The number of hydrogen-bond donors (Lipinski definition) is 3. The molecule has 0 aliphatic carbocycles. The first kappa shape index (κ1) is 31.9. The monoisotopic (exact) mass is 564 g/mol. The molecule has 4 N–H and O–H groups in total. The largest absolute Gasteiger partial charge is 0.480 e. The molecular weight excluding hydrogens is 532 g/mol. The van der Waals surface area contributed by atoms with E-state index in [0.717, 1.165) is 21.9 Å². The molecule has 0 saturated carbocycles. The molecule has 0 unspecified atom stereocenters. The van der Waals surface area contributed by atoms with Crippen LogP contribution in [0.5, 0.6) is 0 Å². The summed E-state index contributed by atoms with van der Waals surface area (Å²) in [6.45, 7) is 7.89. The molecule has 0 fully saturated rings. The van der Waals surface area contributed by atoms with Gasteiger partial charge in [0.15, 0.2) is 0 Å². The number of carboxylic acid groups (broad SMARTS) is 1. The van der Waals surface area contributed by atoms with E-state index in [9.17, 15) is 32.7 Å². The molecule has 0 bridgehead atoms. The van der Waals surface area contributed by atoms with E-state index in [1.807, 2.05) is 0 Å². The average Bonchev–Trinajstić information content (AvgIpc) is 2.67. The molecular formula is C22H33ClN4O9S. The number of sulfonamides is 1. The lowest BCUT2D eigenvalue weighted by atomic mass is 10.2. The lowest BCUT2D eigenvalue weighted by Crippen LogP contribution is -2.47. The second-order valence-corrected chi connectivity index (χ2v) is 11.9. The first-order valence-electron chi connectivity index (χ1n) is 11.0. The molecule has 0 saturated heterocycles. The van der Waals surface area contributed by atoms with Gasteiger partial charge in [-0.15, -0.1) is 0 Å². The SMILES string of the molecule is CC(C)(C)OC(=O)N(CCN(CC(=O)Nc1ccc(S(N)(=O)=O)cc1Cl)C(=O)OC(C)(C)C)CC(=O)O. The Morgan fingerprint density at radius 2 is 1.41 bits per heavy atom. The lowest BCUT2D eigenvalue weighted by Gasteiger charge is -2.30. The highest BCUT2D eigenvalue weighted by atomic mass is 35.5. The molecule has 3 amide bonds. The number of amides is 3.